The second-order valence-electron chi connectivity index (χ2n) is 6.66. The lowest BCUT2D eigenvalue weighted by molar-refractivity contribution is -0.132. The van der Waals surface area contributed by atoms with Crippen LogP contribution in [-0.2, 0) is 11.2 Å². The van der Waals surface area contributed by atoms with Crippen LogP contribution in [0.2, 0.25) is 0 Å². The number of nitrogens with zero attached hydrogens (tertiary/aromatic N) is 2. The summed E-state index contributed by atoms with van der Waals surface area (Å²) in [6, 6.07) is 5.76. The van der Waals surface area contributed by atoms with Gasteiger partial charge in [0.2, 0.25) is 5.91 Å². The van der Waals surface area contributed by atoms with Crippen molar-refractivity contribution in [3.05, 3.63) is 23.8 Å². The highest BCUT2D eigenvalue weighted by molar-refractivity contribution is 5.78. The van der Waals surface area contributed by atoms with Crippen LogP contribution in [0.4, 0.5) is 4.79 Å². The molecule has 1 aromatic rings. The summed E-state index contributed by atoms with van der Waals surface area (Å²) in [4.78, 5) is 28.0. The standard InChI is InChI=1S/C19H29N3O4/c1-14(2)20-19(24)22-11-9-21(10-12-22)18(23)8-6-15-5-7-16(25-3)17(13-15)26-4/h5,7,13-14H,6,8-12H2,1-4H3,(H,20,24). The molecule has 1 N–H and O–H groups in total. The van der Waals surface area contributed by atoms with E-state index in [9.17, 15) is 9.59 Å². The fourth-order valence-corrected chi connectivity index (χ4v) is 2.94. The van der Waals surface area contributed by atoms with E-state index in [4.69, 9.17) is 9.47 Å². The third kappa shape index (κ3) is 5.28. The third-order valence-electron chi connectivity index (χ3n) is 4.41. The van der Waals surface area contributed by atoms with Crippen molar-refractivity contribution in [1.29, 1.82) is 0 Å². The number of piperazine rings is 1. The van der Waals surface area contributed by atoms with Crippen molar-refractivity contribution in [3.63, 3.8) is 0 Å². The fourth-order valence-electron chi connectivity index (χ4n) is 2.94. The van der Waals surface area contributed by atoms with E-state index in [2.05, 4.69) is 5.32 Å². The van der Waals surface area contributed by atoms with E-state index in [1.807, 2.05) is 36.9 Å². The van der Waals surface area contributed by atoms with Crippen LogP contribution in [-0.4, -0.2) is 68.2 Å². The van der Waals surface area contributed by atoms with Gasteiger partial charge in [-0.2, -0.15) is 0 Å². The number of amides is 3. The Hall–Kier alpha value is -2.44. The Morgan fingerprint density at radius 2 is 1.65 bits per heavy atom. The van der Waals surface area contributed by atoms with Gasteiger partial charge in [-0.05, 0) is 38.0 Å². The number of carbonyl (C=O) groups excluding carboxylic acids is 2. The Morgan fingerprint density at radius 1 is 1.04 bits per heavy atom. The minimum Gasteiger partial charge on any atom is -0.493 e. The summed E-state index contributed by atoms with van der Waals surface area (Å²) in [7, 11) is 3.20. The molecule has 0 spiro atoms. The molecule has 1 aromatic carbocycles. The molecule has 0 aliphatic carbocycles. The molecule has 0 bridgehead atoms. The highest BCUT2D eigenvalue weighted by atomic mass is 16.5. The zero-order valence-electron chi connectivity index (χ0n) is 16.1. The third-order valence-corrected chi connectivity index (χ3v) is 4.41. The van der Waals surface area contributed by atoms with Crippen molar-refractivity contribution < 1.29 is 19.1 Å². The maximum absolute atomic E-state index is 12.5. The number of rotatable bonds is 6. The average Bonchev–Trinajstić information content (AvgIpc) is 2.65. The molecule has 7 heteroatoms. The number of aryl methyl sites for hydroxylation is 1. The van der Waals surface area contributed by atoms with Crippen LogP contribution in [0, 0.1) is 0 Å². The first kappa shape index (κ1) is 19.9. The van der Waals surface area contributed by atoms with Crippen LogP contribution in [0.5, 0.6) is 11.5 Å². The van der Waals surface area contributed by atoms with Crippen molar-refractivity contribution in [1.82, 2.24) is 15.1 Å². The molecule has 3 amide bonds. The Balaban J connectivity index is 1.81. The summed E-state index contributed by atoms with van der Waals surface area (Å²) in [5.74, 6) is 1.46. The van der Waals surface area contributed by atoms with Crippen LogP contribution in [0.25, 0.3) is 0 Å². The summed E-state index contributed by atoms with van der Waals surface area (Å²) < 4.78 is 10.5. The van der Waals surface area contributed by atoms with Gasteiger partial charge >= 0.3 is 6.03 Å². The van der Waals surface area contributed by atoms with Crippen LogP contribution in [0.1, 0.15) is 25.8 Å². The van der Waals surface area contributed by atoms with E-state index in [-0.39, 0.29) is 18.0 Å². The van der Waals surface area contributed by atoms with Gasteiger partial charge in [0.1, 0.15) is 0 Å². The summed E-state index contributed by atoms with van der Waals surface area (Å²) in [6.45, 7) is 6.17. The van der Waals surface area contributed by atoms with Gasteiger partial charge in [-0.1, -0.05) is 6.07 Å². The number of urea groups is 1. The predicted molar refractivity (Wildman–Crippen MR) is 99.7 cm³/mol. The zero-order valence-corrected chi connectivity index (χ0v) is 16.1. The number of ether oxygens (including phenoxy) is 2. The Kier molecular flexibility index (Phi) is 7.12. The van der Waals surface area contributed by atoms with E-state index in [1.54, 1.807) is 19.1 Å². The molecule has 1 saturated heterocycles. The lowest BCUT2D eigenvalue weighted by Gasteiger charge is -2.35. The van der Waals surface area contributed by atoms with Crippen molar-refractivity contribution in [2.24, 2.45) is 0 Å². The Labute approximate surface area is 155 Å². The molecule has 26 heavy (non-hydrogen) atoms. The van der Waals surface area contributed by atoms with E-state index >= 15 is 0 Å². The van der Waals surface area contributed by atoms with Gasteiger partial charge < -0.3 is 24.6 Å². The summed E-state index contributed by atoms with van der Waals surface area (Å²) in [6.07, 6.45) is 1.08. The van der Waals surface area contributed by atoms with E-state index < -0.39 is 0 Å². The first-order chi connectivity index (χ1) is 12.4. The summed E-state index contributed by atoms with van der Waals surface area (Å²) >= 11 is 0. The topological polar surface area (TPSA) is 71.1 Å². The molecule has 1 heterocycles. The van der Waals surface area contributed by atoms with Crippen molar-refractivity contribution in [2.45, 2.75) is 32.7 Å². The fraction of sp³-hybridized carbons (Fsp3) is 0.579. The molecule has 0 atom stereocenters. The number of methoxy groups -OCH3 is 2. The van der Waals surface area contributed by atoms with E-state index in [0.717, 1.165) is 5.56 Å². The summed E-state index contributed by atoms with van der Waals surface area (Å²) in [5.41, 5.74) is 1.03. The number of carbonyl (C=O) groups is 2. The molecular formula is C19H29N3O4. The second kappa shape index (κ2) is 9.31. The maximum atomic E-state index is 12.5. The monoisotopic (exact) mass is 363 g/mol. The molecule has 0 aromatic heterocycles. The molecule has 2 rings (SSSR count). The number of hydrogen-bond acceptors (Lipinski definition) is 4. The average molecular weight is 363 g/mol. The number of hydrogen-bond donors (Lipinski definition) is 1. The number of nitrogens with one attached hydrogen (secondary N) is 1. The van der Waals surface area contributed by atoms with Crippen LogP contribution in [0.3, 0.4) is 0 Å². The normalized spacial score (nSPS) is 14.3. The van der Waals surface area contributed by atoms with Gasteiger partial charge in [0, 0.05) is 38.6 Å². The SMILES string of the molecule is COc1ccc(CCC(=O)N2CCN(C(=O)NC(C)C)CC2)cc1OC. The minimum atomic E-state index is -0.0579. The lowest BCUT2D eigenvalue weighted by Crippen LogP contribution is -2.54. The molecule has 1 aliphatic rings. The first-order valence-electron chi connectivity index (χ1n) is 8.98. The highest BCUT2D eigenvalue weighted by Gasteiger charge is 2.24. The molecule has 144 valence electrons. The second-order valence-corrected chi connectivity index (χ2v) is 6.66. The van der Waals surface area contributed by atoms with Crippen molar-refractivity contribution in [3.8, 4) is 11.5 Å². The van der Waals surface area contributed by atoms with Crippen LogP contribution in [0.15, 0.2) is 18.2 Å². The van der Waals surface area contributed by atoms with E-state index in [0.29, 0.717) is 50.5 Å². The van der Waals surface area contributed by atoms with Gasteiger partial charge in [-0.25, -0.2) is 4.79 Å². The lowest BCUT2D eigenvalue weighted by atomic mass is 10.1. The maximum Gasteiger partial charge on any atom is 0.317 e. The van der Waals surface area contributed by atoms with Gasteiger partial charge in [-0.3, -0.25) is 4.79 Å². The smallest absolute Gasteiger partial charge is 0.317 e. The minimum absolute atomic E-state index is 0.0579. The van der Waals surface area contributed by atoms with Crippen LogP contribution < -0.4 is 14.8 Å². The zero-order chi connectivity index (χ0) is 19.1. The highest BCUT2D eigenvalue weighted by Crippen LogP contribution is 2.28. The van der Waals surface area contributed by atoms with Crippen molar-refractivity contribution in [2.75, 3.05) is 40.4 Å². The molecule has 1 fully saturated rings. The predicted octanol–water partition coefficient (Wildman–Crippen LogP) is 1.90. The van der Waals surface area contributed by atoms with Gasteiger partial charge in [0.15, 0.2) is 11.5 Å². The van der Waals surface area contributed by atoms with Crippen LogP contribution >= 0.6 is 0 Å². The quantitative estimate of drug-likeness (QED) is 0.838. The van der Waals surface area contributed by atoms with Gasteiger partial charge in [0.25, 0.3) is 0 Å². The largest absolute Gasteiger partial charge is 0.493 e. The molecule has 0 saturated carbocycles. The van der Waals surface area contributed by atoms with Crippen molar-refractivity contribution >= 4 is 11.9 Å². The van der Waals surface area contributed by atoms with Gasteiger partial charge in [-0.15, -0.1) is 0 Å². The molecule has 0 radical (unpaired) electrons. The molecule has 7 nitrogen and oxygen atoms in total. The Morgan fingerprint density at radius 3 is 2.23 bits per heavy atom. The molecule has 0 unspecified atom stereocenters. The molecular weight excluding hydrogens is 334 g/mol. The number of benzene rings is 1. The first-order valence-corrected chi connectivity index (χ1v) is 8.98. The van der Waals surface area contributed by atoms with E-state index in [1.165, 1.54) is 0 Å². The Bertz CT molecular complexity index is 625. The summed E-state index contributed by atoms with van der Waals surface area (Å²) in [5, 5.41) is 2.88. The molecule has 1 aliphatic heterocycles. The van der Waals surface area contributed by atoms with Gasteiger partial charge in [0.05, 0.1) is 14.2 Å².